The lowest BCUT2D eigenvalue weighted by Gasteiger charge is -2.29. The lowest BCUT2D eigenvalue weighted by atomic mass is 9.80. The van der Waals surface area contributed by atoms with Gasteiger partial charge in [-0.25, -0.2) is 0 Å². The first-order valence-corrected chi connectivity index (χ1v) is 7.03. The van der Waals surface area contributed by atoms with E-state index in [0.29, 0.717) is 6.42 Å². The molecule has 0 aliphatic heterocycles. The summed E-state index contributed by atoms with van der Waals surface area (Å²) in [4.78, 5) is 33.8. The van der Waals surface area contributed by atoms with Crippen LogP contribution in [0.2, 0.25) is 0 Å². The van der Waals surface area contributed by atoms with E-state index in [1.807, 2.05) is 0 Å². The average Bonchev–Trinajstić information content (AvgIpc) is 2.45. The van der Waals surface area contributed by atoms with Crippen LogP contribution >= 0.6 is 0 Å². The Hall–Kier alpha value is -2.24. The largest absolute Gasteiger partial charge is 0.349 e. The number of nitro groups is 1. The number of hydrogen-bond donors (Lipinski definition) is 1. The van der Waals surface area contributed by atoms with Crippen molar-refractivity contribution in [1.82, 2.24) is 5.32 Å². The normalized spacial score (nSPS) is 19.9. The number of nitrogens with one attached hydrogen (secondary N) is 1. The number of benzene rings is 1. The molecule has 0 aromatic heterocycles. The van der Waals surface area contributed by atoms with Crippen molar-refractivity contribution in [3.8, 4) is 0 Å². The van der Waals surface area contributed by atoms with Gasteiger partial charge in [-0.3, -0.25) is 19.7 Å². The first-order chi connectivity index (χ1) is 9.99. The summed E-state index contributed by atoms with van der Waals surface area (Å²) >= 11 is 0. The van der Waals surface area contributed by atoms with Gasteiger partial charge in [0.15, 0.2) is 0 Å². The molecule has 2 rings (SSSR count). The van der Waals surface area contributed by atoms with Gasteiger partial charge in [0.05, 0.1) is 11.0 Å². The minimum absolute atomic E-state index is 0.00436. The van der Waals surface area contributed by atoms with Crippen LogP contribution in [0, 0.1) is 16.0 Å². The Labute approximate surface area is 122 Å². The second kappa shape index (κ2) is 6.47. The monoisotopic (exact) mass is 290 g/mol. The maximum atomic E-state index is 12.1. The first kappa shape index (κ1) is 15.2. The number of nitrogens with zero attached hydrogens (tertiary/aromatic N) is 1. The Kier molecular flexibility index (Phi) is 4.67. The zero-order valence-electron chi connectivity index (χ0n) is 11.9. The van der Waals surface area contributed by atoms with Crippen molar-refractivity contribution >= 4 is 17.4 Å². The van der Waals surface area contributed by atoms with Crippen molar-refractivity contribution in [3.05, 3.63) is 39.9 Å². The highest BCUT2D eigenvalue weighted by Gasteiger charge is 2.32. The number of rotatable bonds is 4. The molecule has 1 N–H and O–H groups in total. The molecule has 1 amide bonds. The summed E-state index contributed by atoms with van der Waals surface area (Å²) < 4.78 is 0. The van der Waals surface area contributed by atoms with Crippen molar-refractivity contribution in [2.75, 3.05) is 0 Å². The van der Waals surface area contributed by atoms with Gasteiger partial charge < -0.3 is 5.32 Å². The fourth-order valence-corrected chi connectivity index (χ4v) is 2.80. The van der Waals surface area contributed by atoms with Crippen molar-refractivity contribution in [2.24, 2.45) is 5.92 Å². The van der Waals surface area contributed by atoms with Gasteiger partial charge in [-0.2, -0.15) is 0 Å². The second-order valence-electron chi connectivity index (χ2n) is 5.35. The minimum Gasteiger partial charge on any atom is -0.349 e. The molecule has 1 saturated carbocycles. The summed E-state index contributed by atoms with van der Waals surface area (Å²) in [5, 5.41) is 13.5. The molecular weight excluding hydrogens is 272 g/mol. The van der Waals surface area contributed by atoms with Crippen LogP contribution in [0.15, 0.2) is 24.3 Å². The smallest absolute Gasteiger partial charge is 0.269 e. The van der Waals surface area contributed by atoms with Gasteiger partial charge >= 0.3 is 0 Å². The molecule has 1 aromatic carbocycles. The zero-order valence-corrected chi connectivity index (χ0v) is 11.9. The highest BCUT2D eigenvalue weighted by molar-refractivity contribution is 5.83. The molecule has 1 aliphatic carbocycles. The van der Waals surface area contributed by atoms with Gasteiger partial charge in [0.25, 0.3) is 5.69 Å². The van der Waals surface area contributed by atoms with E-state index in [-0.39, 0.29) is 23.3 Å². The van der Waals surface area contributed by atoms with Crippen molar-refractivity contribution < 1.29 is 14.5 Å². The third-order valence-electron chi connectivity index (χ3n) is 3.83. The Morgan fingerprint density at radius 3 is 2.52 bits per heavy atom. The number of carbonyl (C=O) groups is 2. The Morgan fingerprint density at radius 1 is 1.33 bits per heavy atom. The van der Waals surface area contributed by atoms with E-state index in [9.17, 15) is 19.7 Å². The van der Waals surface area contributed by atoms with Gasteiger partial charge in [-0.1, -0.05) is 18.6 Å². The van der Waals surface area contributed by atoms with Gasteiger partial charge in [-0.05, 0) is 18.4 Å². The maximum absolute atomic E-state index is 12.1. The summed E-state index contributed by atoms with van der Waals surface area (Å²) in [5.41, 5.74) is 0.728. The van der Waals surface area contributed by atoms with Crippen LogP contribution in [0.4, 0.5) is 5.69 Å². The first-order valence-electron chi connectivity index (χ1n) is 7.03. The van der Waals surface area contributed by atoms with E-state index in [0.717, 1.165) is 24.8 Å². The number of nitro benzene ring substituents is 1. The van der Waals surface area contributed by atoms with Crippen molar-refractivity contribution in [2.45, 2.75) is 38.6 Å². The summed E-state index contributed by atoms with van der Waals surface area (Å²) in [7, 11) is 0. The second-order valence-corrected chi connectivity index (χ2v) is 5.35. The predicted molar refractivity (Wildman–Crippen MR) is 76.6 cm³/mol. The molecule has 0 radical (unpaired) electrons. The molecule has 0 heterocycles. The fourth-order valence-electron chi connectivity index (χ4n) is 2.80. The number of non-ortho nitro benzene ring substituents is 1. The van der Waals surface area contributed by atoms with Crippen molar-refractivity contribution in [1.29, 1.82) is 0 Å². The molecule has 2 atom stereocenters. The molecule has 21 heavy (non-hydrogen) atoms. The van der Waals surface area contributed by atoms with E-state index < -0.39 is 11.0 Å². The van der Waals surface area contributed by atoms with Gasteiger partial charge in [0.2, 0.25) is 5.91 Å². The van der Waals surface area contributed by atoms with E-state index in [1.165, 1.54) is 19.1 Å². The topological polar surface area (TPSA) is 89.3 Å². The summed E-state index contributed by atoms with van der Waals surface area (Å²) in [6.45, 7) is 1.41. The fraction of sp³-hybridized carbons (Fsp3) is 0.467. The van der Waals surface area contributed by atoms with Gasteiger partial charge in [-0.15, -0.1) is 0 Å². The van der Waals surface area contributed by atoms with Gasteiger partial charge in [0.1, 0.15) is 5.78 Å². The minimum atomic E-state index is -0.469. The van der Waals surface area contributed by atoms with Gasteiger partial charge in [0, 0.05) is 31.4 Å². The number of hydrogen-bond acceptors (Lipinski definition) is 4. The lowest BCUT2D eigenvalue weighted by molar-refractivity contribution is -0.384. The SMILES string of the molecule is CC(=O)N[C@H](c1ccc([N+](=O)[O-])cc1)[C@H]1CCCCC1=O. The van der Waals surface area contributed by atoms with Crippen LogP contribution in [0.1, 0.15) is 44.2 Å². The quantitative estimate of drug-likeness (QED) is 0.681. The average molecular weight is 290 g/mol. The van der Waals surface area contributed by atoms with E-state index in [1.54, 1.807) is 12.1 Å². The van der Waals surface area contributed by atoms with Crippen LogP contribution in [0.25, 0.3) is 0 Å². The van der Waals surface area contributed by atoms with Crippen LogP contribution in [-0.2, 0) is 9.59 Å². The molecule has 6 nitrogen and oxygen atoms in total. The summed E-state index contributed by atoms with van der Waals surface area (Å²) in [6, 6.07) is 5.62. The lowest BCUT2D eigenvalue weighted by Crippen LogP contribution is -2.37. The Bertz CT molecular complexity index is 553. The molecular formula is C15H18N2O4. The number of carbonyl (C=O) groups excluding carboxylic acids is 2. The molecule has 0 unspecified atom stereocenters. The Balaban J connectivity index is 2.28. The predicted octanol–water partition coefficient (Wildman–Crippen LogP) is 2.53. The highest BCUT2D eigenvalue weighted by atomic mass is 16.6. The maximum Gasteiger partial charge on any atom is 0.269 e. The van der Waals surface area contributed by atoms with Crippen LogP contribution in [0.3, 0.4) is 0 Å². The van der Waals surface area contributed by atoms with Crippen LogP contribution in [0.5, 0.6) is 0 Å². The molecule has 0 bridgehead atoms. The highest BCUT2D eigenvalue weighted by Crippen LogP contribution is 2.32. The van der Waals surface area contributed by atoms with E-state index in [2.05, 4.69) is 5.32 Å². The van der Waals surface area contributed by atoms with E-state index in [4.69, 9.17) is 0 Å². The molecule has 112 valence electrons. The number of Topliss-reactive ketones (excluding diaryl/α,β-unsaturated/α-hetero) is 1. The molecule has 1 aliphatic rings. The van der Waals surface area contributed by atoms with Crippen LogP contribution in [-0.4, -0.2) is 16.6 Å². The van der Waals surface area contributed by atoms with E-state index >= 15 is 0 Å². The zero-order chi connectivity index (χ0) is 15.4. The third kappa shape index (κ3) is 3.65. The molecule has 6 heteroatoms. The standard InChI is InChI=1S/C15H18N2O4/c1-10(18)16-15(13-4-2-3-5-14(13)19)11-6-8-12(9-7-11)17(20)21/h6-9,13,15H,2-5H2,1H3,(H,16,18)/t13-,15+/m0/s1. The summed E-state index contributed by atoms with van der Waals surface area (Å²) in [6.07, 6.45) is 3.12. The molecule has 1 aromatic rings. The van der Waals surface area contributed by atoms with Crippen molar-refractivity contribution in [3.63, 3.8) is 0 Å². The Morgan fingerprint density at radius 2 is 2.00 bits per heavy atom. The molecule has 0 saturated heterocycles. The third-order valence-corrected chi connectivity index (χ3v) is 3.83. The number of amides is 1. The van der Waals surface area contributed by atoms with Crippen LogP contribution < -0.4 is 5.32 Å². The summed E-state index contributed by atoms with van der Waals surface area (Å²) in [5.74, 6) is -0.306. The molecule has 0 spiro atoms. The molecule has 1 fully saturated rings. The number of ketones is 1.